The van der Waals surface area contributed by atoms with Gasteiger partial charge in [-0.1, -0.05) is 0 Å². The van der Waals surface area contributed by atoms with Crippen LogP contribution >= 0.6 is 11.5 Å². The highest BCUT2D eigenvalue weighted by atomic mass is 32.1. The Labute approximate surface area is 97.1 Å². The van der Waals surface area contributed by atoms with Gasteiger partial charge in [0, 0.05) is 29.3 Å². The van der Waals surface area contributed by atoms with E-state index in [0.29, 0.717) is 12.2 Å². The number of nitrogens with one attached hydrogen (secondary N) is 1. The van der Waals surface area contributed by atoms with Gasteiger partial charge in [0.15, 0.2) is 0 Å². The van der Waals surface area contributed by atoms with Crippen LogP contribution in [-0.2, 0) is 6.54 Å². The summed E-state index contributed by atoms with van der Waals surface area (Å²) in [6, 6.07) is 4.97. The van der Waals surface area contributed by atoms with Crippen LogP contribution in [-0.4, -0.2) is 14.5 Å². The number of aryl methyl sites for hydroxylation is 1. The lowest BCUT2D eigenvalue weighted by molar-refractivity contribution is 0.469. The average Bonchev–Trinajstić information content (AvgIpc) is 2.66. The van der Waals surface area contributed by atoms with E-state index in [4.69, 9.17) is 5.73 Å². The standard InChI is InChI=1S/C10H12N4OS/c1-6-13-10(16-14-6)12-5-7-4-8(11)2-3-9(7)15/h2-4,15H,5,11H2,1H3,(H,12,13,14). The van der Waals surface area contributed by atoms with Crippen molar-refractivity contribution in [1.29, 1.82) is 0 Å². The van der Waals surface area contributed by atoms with Gasteiger partial charge in [-0.15, -0.1) is 0 Å². The number of phenols is 1. The lowest BCUT2D eigenvalue weighted by atomic mass is 10.2. The van der Waals surface area contributed by atoms with E-state index < -0.39 is 0 Å². The minimum atomic E-state index is 0.225. The summed E-state index contributed by atoms with van der Waals surface area (Å²) in [4.78, 5) is 4.16. The molecule has 0 spiro atoms. The molecule has 5 nitrogen and oxygen atoms in total. The molecule has 1 aromatic carbocycles. The molecule has 0 aliphatic rings. The van der Waals surface area contributed by atoms with Crippen LogP contribution in [0.15, 0.2) is 18.2 Å². The predicted molar refractivity (Wildman–Crippen MR) is 64.5 cm³/mol. The maximum atomic E-state index is 9.59. The highest BCUT2D eigenvalue weighted by Gasteiger charge is 2.03. The molecule has 1 heterocycles. The first-order valence-electron chi connectivity index (χ1n) is 4.76. The Kier molecular flexibility index (Phi) is 2.91. The number of phenolic OH excluding ortho intramolecular Hbond substituents is 1. The third kappa shape index (κ3) is 2.40. The van der Waals surface area contributed by atoms with Gasteiger partial charge >= 0.3 is 0 Å². The van der Waals surface area contributed by atoms with Crippen molar-refractivity contribution in [2.45, 2.75) is 13.5 Å². The second-order valence-electron chi connectivity index (χ2n) is 3.39. The second kappa shape index (κ2) is 4.36. The summed E-state index contributed by atoms with van der Waals surface area (Å²) in [5.41, 5.74) is 7.01. The van der Waals surface area contributed by atoms with Crippen LogP contribution in [0.25, 0.3) is 0 Å². The molecule has 0 aliphatic carbocycles. The Morgan fingerprint density at radius 2 is 2.31 bits per heavy atom. The second-order valence-corrected chi connectivity index (χ2v) is 4.14. The van der Waals surface area contributed by atoms with E-state index in [9.17, 15) is 5.11 Å². The zero-order valence-corrected chi connectivity index (χ0v) is 9.58. The molecule has 0 unspecified atom stereocenters. The van der Waals surface area contributed by atoms with Crippen LogP contribution in [0.3, 0.4) is 0 Å². The summed E-state index contributed by atoms with van der Waals surface area (Å²) < 4.78 is 4.05. The summed E-state index contributed by atoms with van der Waals surface area (Å²) in [5, 5.41) is 13.4. The molecule has 0 saturated carbocycles. The Hall–Kier alpha value is -1.82. The van der Waals surface area contributed by atoms with Gasteiger partial charge in [0.1, 0.15) is 11.6 Å². The van der Waals surface area contributed by atoms with Crippen LogP contribution in [0, 0.1) is 6.92 Å². The maximum Gasteiger partial charge on any atom is 0.202 e. The van der Waals surface area contributed by atoms with Gasteiger partial charge in [0.2, 0.25) is 5.13 Å². The summed E-state index contributed by atoms with van der Waals surface area (Å²) in [6.45, 7) is 2.31. The summed E-state index contributed by atoms with van der Waals surface area (Å²) >= 11 is 1.29. The monoisotopic (exact) mass is 236 g/mol. The number of aromatic nitrogens is 2. The van der Waals surface area contributed by atoms with Crippen molar-refractivity contribution in [2.24, 2.45) is 0 Å². The van der Waals surface area contributed by atoms with Crippen molar-refractivity contribution in [3.8, 4) is 5.75 Å². The first-order valence-corrected chi connectivity index (χ1v) is 5.54. The van der Waals surface area contributed by atoms with E-state index >= 15 is 0 Å². The van der Waals surface area contributed by atoms with Crippen molar-refractivity contribution in [3.05, 3.63) is 29.6 Å². The largest absolute Gasteiger partial charge is 0.508 e. The minimum Gasteiger partial charge on any atom is -0.508 e. The molecule has 0 amide bonds. The molecule has 0 saturated heterocycles. The highest BCUT2D eigenvalue weighted by Crippen LogP contribution is 2.21. The number of rotatable bonds is 3. The van der Waals surface area contributed by atoms with Crippen LogP contribution in [0.5, 0.6) is 5.75 Å². The Morgan fingerprint density at radius 1 is 1.50 bits per heavy atom. The third-order valence-corrected chi connectivity index (χ3v) is 2.83. The van der Waals surface area contributed by atoms with Crippen LogP contribution in [0.2, 0.25) is 0 Å². The van der Waals surface area contributed by atoms with E-state index in [0.717, 1.165) is 16.5 Å². The number of hydrogen-bond acceptors (Lipinski definition) is 6. The molecule has 0 aliphatic heterocycles. The van der Waals surface area contributed by atoms with E-state index in [1.807, 2.05) is 6.92 Å². The lowest BCUT2D eigenvalue weighted by Gasteiger charge is -2.05. The molecular formula is C10H12N4OS. The van der Waals surface area contributed by atoms with Crippen molar-refractivity contribution in [3.63, 3.8) is 0 Å². The lowest BCUT2D eigenvalue weighted by Crippen LogP contribution is -2.00. The van der Waals surface area contributed by atoms with Gasteiger partial charge < -0.3 is 16.2 Å². The minimum absolute atomic E-state index is 0.225. The molecule has 0 radical (unpaired) electrons. The first-order chi connectivity index (χ1) is 7.65. The molecule has 84 valence electrons. The summed E-state index contributed by atoms with van der Waals surface area (Å²) in [5.74, 6) is 0.965. The van der Waals surface area contributed by atoms with Crippen molar-refractivity contribution >= 4 is 22.4 Å². The van der Waals surface area contributed by atoms with Gasteiger partial charge in [-0.2, -0.15) is 4.37 Å². The molecule has 2 rings (SSSR count). The Bertz CT molecular complexity index is 497. The van der Waals surface area contributed by atoms with Crippen LogP contribution in [0.1, 0.15) is 11.4 Å². The smallest absolute Gasteiger partial charge is 0.202 e. The van der Waals surface area contributed by atoms with E-state index in [2.05, 4.69) is 14.7 Å². The Balaban J connectivity index is 2.07. The van der Waals surface area contributed by atoms with Gasteiger partial charge in [0.05, 0.1) is 0 Å². The van der Waals surface area contributed by atoms with Crippen molar-refractivity contribution < 1.29 is 5.11 Å². The fourth-order valence-electron chi connectivity index (χ4n) is 1.29. The number of anilines is 2. The van der Waals surface area contributed by atoms with Gasteiger partial charge in [-0.25, -0.2) is 4.98 Å². The Morgan fingerprint density at radius 3 is 3.00 bits per heavy atom. The number of aromatic hydroxyl groups is 1. The van der Waals surface area contributed by atoms with Crippen LogP contribution < -0.4 is 11.1 Å². The van der Waals surface area contributed by atoms with Crippen molar-refractivity contribution in [2.75, 3.05) is 11.1 Å². The number of nitrogens with two attached hydrogens (primary N) is 1. The van der Waals surface area contributed by atoms with E-state index in [1.54, 1.807) is 18.2 Å². The summed E-state index contributed by atoms with van der Waals surface area (Å²) in [7, 11) is 0. The SMILES string of the molecule is Cc1nsc(NCc2cc(N)ccc2O)n1. The fraction of sp³-hybridized carbons (Fsp3) is 0.200. The molecule has 0 fully saturated rings. The fourth-order valence-corrected chi connectivity index (χ4v) is 1.86. The molecule has 2 aromatic rings. The normalized spacial score (nSPS) is 10.3. The maximum absolute atomic E-state index is 9.59. The first kappa shape index (κ1) is 10.7. The predicted octanol–water partition coefficient (Wildman–Crippen LogP) is 1.75. The number of hydrogen-bond donors (Lipinski definition) is 3. The molecule has 4 N–H and O–H groups in total. The quantitative estimate of drug-likeness (QED) is 0.558. The van der Waals surface area contributed by atoms with Gasteiger partial charge in [-0.05, 0) is 25.1 Å². The molecule has 0 atom stereocenters. The zero-order chi connectivity index (χ0) is 11.5. The number of nitrogen functional groups attached to an aromatic ring is 1. The van der Waals surface area contributed by atoms with Gasteiger partial charge in [-0.3, -0.25) is 0 Å². The van der Waals surface area contributed by atoms with Gasteiger partial charge in [0.25, 0.3) is 0 Å². The molecular weight excluding hydrogens is 224 g/mol. The topological polar surface area (TPSA) is 84.1 Å². The third-order valence-electron chi connectivity index (χ3n) is 2.06. The highest BCUT2D eigenvalue weighted by molar-refractivity contribution is 7.09. The number of benzene rings is 1. The number of nitrogens with zero attached hydrogens (tertiary/aromatic N) is 2. The summed E-state index contributed by atoms with van der Waals surface area (Å²) in [6.07, 6.45) is 0. The molecule has 0 bridgehead atoms. The van der Waals surface area contributed by atoms with E-state index in [-0.39, 0.29) is 5.75 Å². The zero-order valence-electron chi connectivity index (χ0n) is 8.77. The average molecular weight is 236 g/mol. The van der Waals surface area contributed by atoms with E-state index in [1.165, 1.54) is 11.5 Å². The van der Waals surface area contributed by atoms with Crippen LogP contribution in [0.4, 0.5) is 10.8 Å². The molecule has 16 heavy (non-hydrogen) atoms. The van der Waals surface area contributed by atoms with Crippen molar-refractivity contribution in [1.82, 2.24) is 9.36 Å². The molecule has 6 heteroatoms. The molecule has 1 aromatic heterocycles.